The quantitative estimate of drug-likeness (QED) is 0.558. The van der Waals surface area contributed by atoms with Crippen LogP contribution in [0.25, 0.3) is 0 Å². The average molecular weight is 253 g/mol. The molecule has 0 aliphatic rings. The first-order valence-electron chi connectivity index (χ1n) is 5.49. The summed E-state index contributed by atoms with van der Waals surface area (Å²) < 4.78 is 32.9. The number of nitrogens with one attached hydrogen (secondary N) is 1. The highest BCUT2D eigenvalue weighted by Gasteiger charge is 2.14. The van der Waals surface area contributed by atoms with Gasteiger partial charge in [-0.15, -0.1) is 0 Å². The predicted molar refractivity (Wildman–Crippen MR) is 64.5 cm³/mol. The maximum atomic E-state index is 11.4. The Labute approximate surface area is 98.4 Å². The Balaban J connectivity index is 3.34. The Morgan fingerprint density at radius 1 is 1.12 bits per heavy atom. The molecule has 0 aromatic rings. The third-order valence-electron chi connectivity index (χ3n) is 2.14. The number of rotatable bonds is 10. The Hall–Kier alpha value is -0.170. The highest BCUT2D eigenvalue weighted by Crippen LogP contribution is 1.98. The van der Waals surface area contributed by atoms with Gasteiger partial charge >= 0.3 is 0 Å². The summed E-state index contributed by atoms with van der Waals surface area (Å²) in [6, 6.07) is 0. The topological polar surface area (TPSA) is 64.6 Å². The zero-order valence-corrected chi connectivity index (χ0v) is 11.2. The van der Waals surface area contributed by atoms with Crippen LogP contribution in [0.15, 0.2) is 0 Å². The van der Waals surface area contributed by atoms with Crippen molar-refractivity contribution in [2.24, 2.45) is 0 Å². The molecule has 0 bridgehead atoms. The van der Waals surface area contributed by atoms with Gasteiger partial charge in [-0.1, -0.05) is 0 Å². The molecule has 0 radical (unpaired) electrons. The summed E-state index contributed by atoms with van der Waals surface area (Å²) in [6.45, 7) is 6.27. The number of methoxy groups -OCH3 is 1. The fraction of sp³-hybridized carbons (Fsp3) is 1.00. The molecular weight excluding hydrogens is 230 g/mol. The fourth-order valence-corrected chi connectivity index (χ4v) is 1.86. The molecule has 5 nitrogen and oxygen atoms in total. The second-order valence-corrected chi connectivity index (χ2v) is 6.45. The van der Waals surface area contributed by atoms with Crippen LogP contribution in [0.4, 0.5) is 0 Å². The molecule has 98 valence electrons. The van der Waals surface area contributed by atoms with E-state index >= 15 is 0 Å². The molecule has 6 heteroatoms. The van der Waals surface area contributed by atoms with Crippen LogP contribution in [-0.2, 0) is 19.3 Å². The van der Waals surface area contributed by atoms with Crippen LogP contribution in [0.5, 0.6) is 0 Å². The van der Waals surface area contributed by atoms with Gasteiger partial charge in [0.15, 0.2) is 9.84 Å². The highest BCUT2D eigenvalue weighted by molar-refractivity contribution is 7.92. The Morgan fingerprint density at radius 2 is 1.81 bits per heavy atom. The number of hydrogen-bond acceptors (Lipinski definition) is 5. The molecule has 0 heterocycles. The van der Waals surface area contributed by atoms with Crippen molar-refractivity contribution in [3.63, 3.8) is 0 Å². The maximum Gasteiger partial charge on any atom is 0.153 e. The lowest BCUT2D eigenvalue weighted by Crippen LogP contribution is -2.29. The summed E-state index contributed by atoms with van der Waals surface area (Å²) >= 11 is 0. The van der Waals surface area contributed by atoms with Crippen molar-refractivity contribution >= 4 is 9.84 Å². The van der Waals surface area contributed by atoms with Gasteiger partial charge in [-0.25, -0.2) is 8.42 Å². The molecule has 16 heavy (non-hydrogen) atoms. The summed E-state index contributed by atoms with van der Waals surface area (Å²) in [5.41, 5.74) is 0. The molecule has 0 rings (SSSR count). The molecule has 0 fully saturated rings. The molecule has 0 aromatic heterocycles. The smallest absolute Gasteiger partial charge is 0.153 e. The van der Waals surface area contributed by atoms with Crippen molar-refractivity contribution in [1.82, 2.24) is 5.32 Å². The van der Waals surface area contributed by atoms with Crippen molar-refractivity contribution < 1.29 is 17.9 Å². The Morgan fingerprint density at radius 3 is 2.38 bits per heavy atom. The van der Waals surface area contributed by atoms with E-state index in [1.54, 1.807) is 21.0 Å². The molecule has 0 saturated heterocycles. The van der Waals surface area contributed by atoms with E-state index in [9.17, 15) is 8.42 Å². The van der Waals surface area contributed by atoms with Crippen LogP contribution < -0.4 is 5.32 Å². The van der Waals surface area contributed by atoms with Crippen molar-refractivity contribution in [2.75, 3.05) is 45.8 Å². The normalized spacial score (nSPS) is 12.2. The molecule has 1 N–H and O–H groups in total. The molecule has 0 aliphatic heterocycles. The zero-order chi connectivity index (χ0) is 12.4. The molecule has 0 aliphatic carbocycles. The largest absolute Gasteiger partial charge is 0.382 e. The lowest BCUT2D eigenvalue weighted by atomic mass is 10.6. The van der Waals surface area contributed by atoms with Crippen molar-refractivity contribution in [3.8, 4) is 0 Å². The lowest BCUT2D eigenvalue weighted by Gasteiger charge is -2.08. The number of sulfone groups is 1. The monoisotopic (exact) mass is 253 g/mol. The van der Waals surface area contributed by atoms with Gasteiger partial charge in [0, 0.05) is 20.2 Å². The van der Waals surface area contributed by atoms with Gasteiger partial charge < -0.3 is 14.8 Å². The van der Waals surface area contributed by atoms with Crippen molar-refractivity contribution in [3.05, 3.63) is 0 Å². The summed E-state index contributed by atoms with van der Waals surface area (Å²) in [7, 11) is -1.30. The Bertz CT molecular complexity index is 252. The van der Waals surface area contributed by atoms with Crippen LogP contribution in [0.3, 0.4) is 0 Å². The van der Waals surface area contributed by atoms with E-state index in [0.29, 0.717) is 32.9 Å². The molecule has 0 atom stereocenters. The maximum absolute atomic E-state index is 11.4. The minimum atomic E-state index is -2.92. The van der Waals surface area contributed by atoms with Gasteiger partial charge in [-0.3, -0.25) is 0 Å². The first-order valence-corrected chi connectivity index (χ1v) is 7.21. The standard InChI is InChI=1S/C10H23NO4S/c1-10(2)16(12,13)9-5-11-4-6-15-8-7-14-3/h10-11H,4-9H2,1-3H3. The first-order chi connectivity index (χ1) is 7.50. The Kier molecular flexibility index (Phi) is 8.83. The van der Waals surface area contributed by atoms with E-state index < -0.39 is 9.84 Å². The van der Waals surface area contributed by atoms with E-state index in [-0.39, 0.29) is 11.0 Å². The van der Waals surface area contributed by atoms with Crippen molar-refractivity contribution in [2.45, 2.75) is 19.1 Å². The highest BCUT2D eigenvalue weighted by atomic mass is 32.2. The van der Waals surface area contributed by atoms with E-state index in [2.05, 4.69) is 5.32 Å². The third-order valence-corrected chi connectivity index (χ3v) is 4.35. The third kappa shape index (κ3) is 8.04. The molecule has 0 saturated carbocycles. The van der Waals surface area contributed by atoms with Crippen molar-refractivity contribution in [1.29, 1.82) is 0 Å². The van der Waals surface area contributed by atoms with E-state index in [4.69, 9.17) is 9.47 Å². The van der Waals surface area contributed by atoms with Crippen LogP contribution in [0.2, 0.25) is 0 Å². The predicted octanol–water partition coefficient (Wildman–Crippen LogP) is 0.0622. The second-order valence-electron chi connectivity index (χ2n) is 3.77. The van der Waals surface area contributed by atoms with Gasteiger partial charge in [0.05, 0.1) is 30.8 Å². The first kappa shape index (κ1) is 15.8. The van der Waals surface area contributed by atoms with Crippen LogP contribution >= 0.6 is 0 Å². The summed E-state index contributed by atoms with van der Waals surface area (Å²) in [5, 5.41) is 2.73. The SMILES string of the molecule is COCCOCCNCCS(=O)(=O)C(C)C. The summed E-state index contributed by atoms with van der Waals surface area (Å²) in [6.07, 6.45) is 0. The van der Waals surface area contributed by atoms with Crippen LogP contribution in [-0.4, -0.2) is 59.4 Å². The minimum absolute atomic E-state index is 0.183. The van der Waals surface area contributed by atoms with Gasteiger partial charge in [0.2, 0.25) is 0 Å². The van der Waals surface area contributed by atoms with Gasteiger partial charge in [0.1, 0.15) is 0 Å². The van der Waals surface area contributed by atoms with Crippen LogP contribution in [0.1, 0.15) is 13.8 Å². The minimum Gasteiger partial charge on any atom is -0.382 e. The fourth-order valence-electron chi connectivity index (χ4n) is 0.964. The second kappa shape index (κ2) is 8.92. The molecular formula is C10H23NO4S. The van der Waals surface area contributed by atoms with E-state index in [1.165, 1.54) is 0 Å². The van der Waals surface area contributed by atoms with Gasteiger partial charge in [-0.05, 0) is 13.8 Å². The van der Waals surface area contributed by atoms with E-state index in [1.807, 2.05) is 0 Å². The summed E-state index contributed by atoms with van der Waals surface area (Å²) in [4.78, 5) is 0. The molecule has 0 unspecified atom stereocenters. The van der Waals surface area contributed by atoms with E-state index in [0.717, 1.165) is 0 Å². The number of hydrogen-bond donors (Lipinski definition) is 1. The van der Waals surface area contributed by atoms with Gasteiger partial charge in [0.25, 0.3) is 0 Å². The average Bonchev–Trinajstić information content (AvgIpc) is 2.21. The van der Waals surface area contributed by atoms with Crippen LogP contribution in [0, 0.1) is 0 Å². The molecule has 0 amide bonds. The summed E-state index contributed by atoms with van der Waals surface area (Å²) in [5.74, 6) is 0.183. The number of ether oxygens (including phenoxy) is 2. The zero-order valence-electron chi connectivity index (χ0n) is 10.4. The molecule has 0 aromatic carbocycles. The lowest BCUT2D eigenvalue weighted by molar-refractivity contribution is 0.0722. The van der Waals surface area contributed by atoms with Gasteiger partial charge in [-0.2, -0.15) is 0 Å². The molecule has 0 spiro atoms.